The minimum absolute atomic E-state index is 0.192. The summed E-state index contributed by atoms with van der Waals surface area (Å²) >= 11 is 1.58. The summed E-state index contributed by atoms with van der Waals surface area (Å²) in [7, 11) is -3.19. The smallest absolute Gasteiger partial charge is 0.228 e. The number of thiazole rings is 1. The zero-order valence-corrected chi connectivity index (χ0v) is 18.7. The number of fused-ring (bicyclic) bond motifs is 2. The number of nitrogens with one attached hydrogen (secondary N) is 1. The van der Waals surface area contributed by atoms with Gasteiger partial charge in [-0.3, -0.25) is 9.69 Å². The van der Waals surface area contributed by atoms with E-state index in [2.05, 4.69) is 20.6 Å². The van der Waals surface area contributed by atoms with Crippen LogP contribution in [0.2, 0.25) is 0 Å². The van der Waals surface area contributed by atoms with Crippen LogP contribution in [0.1, 0.15) is 43.4 Å². The number of benzene rings is 1. The van der Waals surface area contributed by atoms with Gasteiger partial charge >= 0.3 is 0 Å². The van der Waals surface area contributed by atoms with Gasteiger partial charge in [0.2, 0.25) is 5.91 Å². The predicted molar refractivity (Wildman–Crippen MR) is 116 cm³/mol. The predicted octanol–water partition coefficient (Wildman–Crippen LogP) is 2.79. The minimum Gasteiger partial charge on any atom is -0.353 e. The summed E-state index contributed by atoms with van der Waals surface area (Å²) in [6.45, 7) is 0.745. The Balaban J connectivity index is 1.40. The highest BCUT2D eigenvalue weighted by molar-refractivity contribution is 7.90. The molecular formula is C22H27N3O3S2. The van der Waals surface area contributed by atoms with Crippen molar-refractivity contribution in [2.75, 3.05) is 6.26 Å². The number of hydrogen-bond donors (Lipinski definition) is 1. The standard InChI is InChI=1S/C22H27N3O3S2/c1-30(27,28)19-7-2-15(3-8-19)12-25-18-6-9-20(25)22(11-18,10-17-13-29-14-23-17)21(26)24-16-4-5-16/h2-3,7-8,13-14,16,18,20H,4-6,9-12H2,1H3,(H,24,26)/t18-,20+,22+/m1/s1. The summed E-state index contributed by atoms with van der Waals surface area (Å²) in [6, 6.07) is 8.10. The van der Waals surface area contributed by atoms with Gasteiger partial charge in [-0.15, -0.1) is 11.3 Å². The van der Waals surface area contributed by atoms with Gasteiger partial charge in [0, 0.05) is 42.7 Å². The lowest BCUT2D eigenvalue weighted by atomic mass is 9.70. The maximum Gasteiger partial charge on any atom is 0.228 e. The maximum atomic E-state index is 13.5. The van der Waals surface area contributed by atoms with Crippen LogP contribution in [0.3, 0.4) is 0 Å². The second-order valence-electron chi connectivity index (χ2n) is 9.10. The molecule has 1 N–H and O–H groups in total. The van der Waals surface area contributed by atoms with Gasteiger partial charge < -0.3 is 5.32 Å². The van der Waals surface area contributed by atoms with E-state index in [0.29, 0.717) is 23.4 Å². The first-order chi connectivity index (χ1) is 14.3. The zero-order valence-electron chi connectivity index (χ0n) is 17.1. The Morgan fingerprint density at radius 2 is 2.00 bits per heavy atom. The lowest BCUT2D eigenvalue weighted by molar-refractivity contribution is -0.133. The van der Waals surface area contributed by atoms with Crippen molar-refractivity contribution >= 4 is 27.1 Å². The quantitative estimate of drug-likeness (QED) is 0.709. The van der Waals surface area contributed by atoms with Crippen LogP contribution < -0.4 is 5.32 Å². The minimum atomic E-state index is -3.19. The highest BCUT2D eigenvalue weighted by Crippen LogP contribution is 2.52. The van der Waals surface area contributed by atoms with E-state index >= 15 is 0 Å². The molecule has 5 rings (SSSR count). The van der Waals surface area contributed by atoms with Gasteiger partial charge in [0.05, 0.1) is 21.5 Å². The van der Waals surface area contributed by atoms with Gasteiger partial charge in [0.15, 0.2) is 9.84 Å². The number of hydrogen-bond acceptors (Lipinski definition) is 6. The summed E-state index contributed by atoms with van der Waals surface area (Å²) in [5, 5.41) is 5.35. The average molecular weight is 446 g/mol. The molecule has 1 aromatic carbocycles. The van der Waals surface area contributed by atoms with E-state index < -0.39 is 15.3 Å². The Bertz CT molecular complexity index is 1030. The molecule has 0 unspecified atom stereocenters. The Hall–Kier alpha value is -1.77. The van der Waals surface area contributed by atoms with Gasteiger partial charge in [-0.25, -0.2) is 13.4 Å². The van der Waals surface area contributed by atoms with E-state index in [-0.39, 0.29) is 11.9 Å². The SMILES string of the molecule is CS(=O)(=O)c1ccc(CN2[C@@H]3CC[C@H]2[C@@](Cc2cscn2)(C(=O)NC2CC2)C3)cc1. The van der Waals surface area contributed by atoms with Crippen molar-refractivity contribution in [2.45, 2.75) is 68.1 Å². The Morgan fingerprint density at radius 1 is 1.23 bits per heavy atom. The number of carbonyl (C=O) groups is 1. The summed E-state index contributed by atoms with van der Waals surface area (Å²) in [5.74, 6) is 0.197. The fourth-order valence-corrected chi connectivity index (χ4v) is 6.51. The molecule has 1 saturated carbocycles. The van der Waals surface area contributed by atoms with Crippen LogP contribution in [0.25, 0.3) is 0 Å². The molecule has 160 valence electrons. The molecule has 3 atom stereocenters. The van der Waals surface area contributed by atoms with Crippen molar-refractivity contribution in [3.8, 4) is 0 Å². The van der Waals surface area contributed by atoms with Gasteiger partial charge in [0.1, 0.15) is 0 Å². The second kappa shape index (κ2) is 7.43. The van der Waals surface area contributed by atoms with Gasteiger partial charge in [-0.2, -0.15) is 0 Å². The van der Waals surface area contributed by atoms with Crippen LogP contribution in [-0.2, 0) is 27.6 Å². The molecule has 30 heavy (non-hydrogen) atoms. The zero-order chi connectivity index (χ0) is 20.9. The van der Waals surface area contributed by atoms with Crippen molar-refractivity contribution in [1.29, 1.82) is 0 Å². The fourth-order valence-electron chi connectivity index (χ4n) is 5.32. The normalized spacial score (nSPS) is 28.7. The molecule has 3 aliphatic rings. The van der Waals surface area contributed by atoms with Crippen LogP contribution in [0.15, 0.2) is 40.1 Å². The Kier molecular flexibility index (Phi) is 4.99. The number of amides is 1. The van der Waals surface area contributed by atoms with Crippen LogP contribution in [0.5, 0.6) is 0 Å². The molecule has 0 spiro atoms. The summed E-state index contributed by atoms with van der Waals surface area (Å²) in [5.41, 5.74) is 3.52. The topological polar surface area (TPSA) is 79.4 Å². The van der Waals surface area contributed by atoms with Crippen molar-refractivity contribution in [2.24, 2.45) is 5.41 Å². The number of rotatable bonds is 7. The van der Waals surface area contributed by atoms with Crippen LogP contribution >= 0.6 is 11.3 Å². The first kappa shape index (κ1) is 20.2. The van der Waals surface area contributed by atoms with E-state index in [1.165, 1.54) is 6.26 Å². The molecule has 3 heterocycles. The third-order valence-corrected chi connectivity index (χ3v) is 8.71. The molecule has 1 aromatic heterocycles. The van der Waals surface area contributed by atoms with E-state index in [1.807, 2.05) is 17.6 Å². The van der Waals surface area contributed by atoms with Gasteiger partial charge in [-0.1, -0.05) is 12.1 Å². The first-order valence-electron chi connectivity index (χ1n) is 10.6. The molecule has 6 nitrogen and oxygen atoms in total. The summed E-state index contributed by atoms with van der Waals surface area (Å²) in [4.78, 5) is 20.8. The molecule has 2 bridgehead atoms. The van der Waals surface area contributed by atoms with Crippen molar-refractivity contribution in [3.63, 3.8) is 0 Å². The van der Waals surface area contributed by atoms with E-state index in [4.69, 9.17) is 0 Å². The molecule has 1 amide bonds. The number of aromatic nitrogens is 1. The van der Waals surface area contributed by atoms with Gasteiger partial charge in [0.25, 0.3) is 0 Å². The molecule has 2 aromatic rings. The molecule has 2 saturated heterocycles. The van der Waals surface area contributed by atoms with Crippen molar-refractivity contribution in [3.05, 3.63) is 46.4 Å². The molecule has 0 radical (unpaired) electrons. The molecule has 8 heteroatoms. The average Bonchev–Trinajstić information content (AvgIpc) is 3.10. The fraction of sp³-hybridized carbons (Fsp3) is 0.545. The number of nitrogens with zero attached hydrogens (tertiary/aromatic N) is 2. The lowest BCUT2D eigenvalue weighted by Crippen LogP contribution is -2.51. The lowest BCUT2D eigenvalue weighted by Gasteiger charge is -2.36. The second-order valence-corrected chi connectivity index (χ2v) is 11.8. The third kappa shape index (κ3) is 3.69. The van der Waals surface area contributed by atoms with Crippen LogP contribution in [-0.4, -0.2) is 48.6 Å². The Labute approximate surface area is 181 Å². The monoisotopic (exact) mass is 445 g/mol. The number of carbonyl (C=O) groups excluding carboxylic acids is 1. The van der Waals surface area contributed by atoms with Crippen LogP contribution in [0, 0.1) is 5.41 Å². The van der Waals surface area contributed by atoms with E-state index in [9.17, 15) is 13.2 Å². The maximum absolute atomic E-state index is 13.5. The van der Waals surface area contributed by atoms with E-state index in [1.54, 1.807) is 23.5 Å². The number of sulfone groups is 1. The third-order valence-electron chi connectivity index (χ3n) is 6.94. The summed E-state index contributed by atoms with van der Waals surface area (Å²) in [6.07, 6.45) is 7.10. The highest BCUT2D eigenvalue weighted by atomic mass is 32.2. The van der Waals surface area contributed by atoms with Crippen LogP contribution in [0.4, 0.5) is 0 Å². The summed E-state index contributed by atoms with van der Waals surface area (Å²) < 4.78 is 23.5. The Morgan fingerprint density at radius 3 is 2.63 bits per heavy atom. The highest BCUT2D eigenvalue weighted by Gasteiger charge is 2.60. The largest absolute Gasteiger partial charge is 0.353 e. The van der Waals surface area contributed by atoms with Crippen molar-refractivity contribution < 1.29 is 13.2 Å². The molecule has 1 aliphatic carbocycles. The molecule has 2 aliphatic heterocycles. The molecular weight excluding hydrogens is 418 g/mol. The van der Waals surface area contributed by atoms with E-state index in [0.717, 1.165) is 49.9 Å². The van der Waals surface area contributed by atoms with Crippen molar-refractivity contribution in [1.82, 2.24) is 15.2 Å². The molecule has 3 fully saturated rings. The van der Waals surface area contributed by atoms with Gasteiger partial charge in [-0.05, 0) is 49.8 Å². The first-order valence-corrected chi connectivity index (χ1v) is 13.4.